The Morgan fingerprint density at radius 1 is 1.24 bits per heavy atom. The second-order valence-electron chi connectivity index (χ2n) is 8.62. The van der Waals surface area contributed by atoms with Crippen LogP contribution in [0, 0.1) is 5.41 Å². The average Bonchev–Trinajstić information content (AvgIpc) is 3.21. The van der Waals surface area contributed by atoms with Crippen LogP contribution in [0.2, 0.25) is 0 Å². The van der Waals surface area contributed by atoms with Crippen molar-refractivity contribution in [2.75, 3.05) is 0 Å². The minimum Gasteiger partial charge on any atom is -0.444 e. The van der Waals surface area contributed by atoms with Crippen LogP contribution in [0.4, 0.5) is 4.79 Å². The lowest BCUT2D eigenvalue weighted by Crippen LogP contribution is -2.66. The third-order valence-corrected chi connectivity index (χ3v) is 5.03. The maximum Gasteiger partial charge on any atom is 0.407 e. The smallest absolute Gasteiger partial charge is 0.407 e. The van der Waals surface area contributed by atoms with E-state index >= 15 is 0 Å². The molecule has 2 N–H and O–H groups in total. The van der Waals surface area contributed by atoms with E-state index in [1.165, 1.54) is 6.39 Å². The molecule has 0 aliphatic heterocycles. The summed E-state index contributed by atoms with van der Waals surface area (Å²) in [5, 5.41) is 5.91. The molecule has 2 aliphatic rings. The predicted molar refractivity (Wildman–Crippen MR) is 91.3 cm³/mol. The number of amides is 2. The fourth-order valence-corrected chi connectivity index (χ4v) is 3.16. The van der Waals surface area contributed by atoms with E-state index in [1.54, 1.807) is 0 Å². The molecule has 2 saturated carbocycles. The third-order valence-electron chi connectivity index (χ3n) is 5.03. The zero-order valence-electron chi connectivity index (χ0n) is 15.5. The van der Waals surface area contributed by atoms with Crippen molar-refractivity contribution in [3.63, 3.8) is 0 Å². The summed E-state index contributed by atoms with van der Waals surface area (Å²) < 4.78 is 10.6. The zero-order chi connectivity index (χ0) is 18.4. The highest BCUT2D eigenvalue weighted by Crippen LogP contribution is 2.42. The van der Waals surface area contributed by atoms with E-state index in [2.05, 4.69) is 15.6 Å². The Hall–Kier alpha value is -2.05. The lowest BCUT2D eigenvalue weighted by Gasteiger charge is -2.52. The van der Waals surface area contributed by atoms with Crippen LogP contribution in [-0.4, -0.2) is 34.7 Å². The fourth-order valence-electron chi connectivity index (χ4n) is 3.16. The summed E-state index contributed by atoms with van der Waals surface area (Å²) >= 11 is 0. The number of carbonyl (C=O) groups excluding carboxylic acids is 2. The summed E-state index contributed by atoms with van der Waals surface area (Å²) in [6.07, 6.45) is 3.68. The maximum absolute atomic E-state index is 12.5. The fraction of sp³-hybridized carbons (Fsp3) is 0.722. The number of nitrogens with zero attached hydrogens (tertiary/aromatic N) is 1. The van der Waals surface area contributed by atoms with Gasteiger partial charge in [0, 0.05) is 23.4 Å². The van der Waals surface area contributed by atoms with Crippen molar-refractivity contribution in [1.29, 1.82) is 0 Å². The molecule has 7 nitrogen and oxygen atoms in total. The number of hydrogen-bond donors (Lipinski definition) is 2. The third kappa shape index (κ3) is 3.80. The van der Waals surface area contributed by atoms with Crippen LogP contribution in [0.15, 0.2) is 10.8 Å². The van der Waals surface area contributed by atoms with Crippen LogP contribution in [-0.2, 0) is 4.74 Å². The molecule has 0 aromatic carbocycles. The number of ether oxygens (including phenoxy) is 1. The van der Waals surface area contributed by atoms with Crippen molar-refractivity contribution in [2.24, 2.45) is 5.41 Å². The second-order valence-corrected chi connectivity index (χ2v) is 8.62. The number of nitrogens with one attached hydrogen (secondary N) is 2. The van der Waals surface area contributed by atoms with E-state index < -0.39 is 11.7 Å². The average molecular weight is 349 g/mol. The van der Waals surface area contributed by atoms with Gasteiger partial charge in [-0.3, -0.25) is 4.79 Å². The first-order valence-corrected chi connectivity index (χ1v) is 8.81. The summed E-state index contributed by atoms with van der Waals surface area (Å²) in [5.41, 5.74) is -0.0401. The summed E-state index contributed by atoms with van der Waals surface area (Å²) in [7, 11) is 0. The van der Waals surface area contributed by atoms with E-state index in [1.807, 2.05) is 34.6 Å². The quantitative estimate of drug-likeness (QED) is 0.871. The van der Waals surface area contributed by atoms with Crippen LogP contribution in [0.1, 0.15) is 76.0 Å². The molecule has 0 spiro atoms. The van der Waals surface area contributed by atoms with Crippen molar-refractivity contribution in [3.05, 3.63) is 17.8 Å². The van der Waals surface area contributed by atoms with Crippen molar-refractivity contribution in [1.82, 2.24) is 15.6 Å². The molecule has 0 bridgehead atoms. The van der Waals surface area contributed by atoms with Gasteiger partial charge in [-0.2, -0.15) is 0 Å². The largest absolute Gasteiger partial charge is 0.444 e. The number of oxazole rings is 1. The van der Waals surface area contributed by atoms with Gasteiger partial charge in [-0.25, -0.2) is 9.78 Å². The van der Waals surface area contributed by atoms with E-state index in [9.17, 15) is 9.59 Å². The molecule has 7 heteroatoms. The van der Waals surface area contributed by atoms with Crippen LogP contribution >= 0.6 is 0 Å². The lowest BCUT2D eigenvalue weighted by molar-refractivity contribution is 0.0166. The normalized spacial score (nSPS) is 25.0. The summed E-state index contributed by atoms with van der Waals surface area (Å²) in [6.45, 7) is 9.53. The molecule has 2 fully saturated rings. The van der Waals surface area contributed by atoms with Gasteiger partial charge in [0.2, 0.25) is 5.76 Å². The van der Waals surface area contributed by atoms with E-state index in [0.717, 1.165) is 18.5 Å². The van der Waals surface area contributed by atoms with Crippen molar-refractivity contribution in [2.45, 2.75) is 77.5 Å². The Kier molecular flexibility index (Phi) is 4.29. The minimum atomic E-state index is -0.531. The van der Waals surface area contributed by atoms with Gasteiger partial charge in [0.05, 0.1) is 5.69 Å². The first-order chi connectivity index (χ1) is 11.6. The molecule has 3 rings (SSSR count). The highest BCUT2D eigenvalue weighted by atomic mass is 16.6. The Bertz CT molecular complexity index is 670. The van der Waals surface area contributed by atoms with Gasteiger partial charge >= 0.3 is 6.09 Å². The molecule has 138 valence electrons. The highest BCUT2D eigenvalue weighted by Gasteiger charge is 2.50. The highest BCUT2D eigenvalue weighted by molar-refractivity contribution is 5.93. The zero-order valence-corrected chi connectivity index (χ0v) is 15.5. The topological polar surface area (TPSA) is 93.5 Å². The molecule has 2 atom stereocenters. The summed E-state index contributed by atoms with van der Waals surface area (Å²) in [4.78, 5) is 28.6. The molecule has 0 radical (unpaired) electrons. The standard InChI is InChI=1S/C18H27N3O4/c1-17(2,3)25-16(23)21-12-8-11(18(12,4)5)20-15(22)14-13(10-6-7-10)19-9-24-14/h9-12H,6-8H2,1-5H3,(H,20,22)(H,21,23)/t11-,12-/m1/s1. The Morgan fingerprint density at radius 3 is 2.44 bits per heavy atom. The molecule has 2 aliphatic carbocycles. The van der Waals surface area contributed by atoms with Gasteiger partial charge in [-0.05, 0) is 40.0 Å². The molecule has 0 saturated heterocycles. The van der Waals surface area contributed by atoms with Gasteiger partial charge in [0.1, 0.15) is 5.60 Å². The Balaban J connectivity index is 1.55. The molecule has 2 amide bonds. The van der Waals surface area contributed by atoms with Crippen LogP contribution in [0.25, 0.3) is 0 Å². The van der Waals surface area contributed by atoms with E-state index in [-0.39, 0.29) is 23.4 Å². The number of carbonyl (C=O) groups is 2. The molecule has 1 aromatic heterocycles. The van der Waals surface area contributed by atoms with Crippen molar-refractivity contribution < 1.29 is 18.7 Å². The molecular formula is C18H27N3O4. The van der Waals surface area contributed by atoms with Crippen LogP contribution in [0.5, 0.6) is 0 Å². The number of rotatable bonds is 4. The first-order valence-electron chi connectivity index (χ1n) is 8.81. The van der Waals surface area contributed by atoms with Crippen molar-refractivity contribution in [3.8, 4) is 0 Å². The Labute approximate surface area is 147 Å². The number of hydrogen-bond acceptors (Lipinski definition) is 5. The summed E-state index contributed by atoms with van der Waals surface area (Å²) in [6, 6.07) is -0.0950. The van der Waals surface area contributed by atoms with E-state index in [0.29, 0.717) is 18.1 Å². The monoisotopic (exact) mass is 349 g/mol. The Morgan fingerprint density at radius 2 is 1.88 bits per heavy atom. The predicted octanol–water partition coefficient (Wildman–Crippen LogP) is 2.97. The first kappa shape index (κ1) is 17.8. The van der Waals surface area contributed by atoms with E-state index in [4.69, 9.17) is 9.15 Å². The van der Waals surface area contributed by atoms with Crippen LogP contribution in [0.3, 0.4) is 0 Å². The van der Waals surface area contributed by atoms with Gasteiger partial charge < -0.3 is 19.8 Å². The molecule has 1 aromatic rings. The summed E-state index contributed by atoms with van der Waals surface area (Å²) in [5.74, 6) is 0.450. The molecular weight excluding hydrogens is 322 g/mol. The van der Waals surface area contributed by atoms with Gasteiger partial charge in [-0.1, -0.05) is 13.8 Å². The lowest BCUT2D eigenvalue weighted by atomic mass is 9.63. The maximum atomic E-state index is 12.5. The number of alkyl carbamates (subject to hydrolysis) is 1. The molecule has 0 unspecified atom stereocenters. The molecule has 1 heterocycles. The van der Waals surface area contributed by atoms with Crippen LogP contribution < -0.4 is 10.6 Å². The van der Waals surface area contributed by atoms with Gasteiger partial charge in [0.15, 0.2) is 6.39 Å². The number of aromatic nitrogens is 1. The van der Waals surface area contributed by atoms with Crippen molar-refractivity contribution >= 4 is 12.0 Å². The second kappa shape index (κ2) is 6.04. The minimum absolute atomic E-state index is 0.0444. The SMILES string of the molecule is CC(C)(C)OC(=O)N[C@@H]1C[C@@H](NC(=O)c2ocnc2C2CC2)C1(C)C. The molecule has 25 heavy (non-hydrogen) atoms. The van der Waals surface area contributed by atoms with Gasteiger partial charge in [-0.15, -0.1) is 0 Å². The van der Waals surface area contributed by atoms with Gasteiger partial charge in [0.25, 0.3) is 5.91 Å².